The molecule has 0 heterocycles. The molecule has 2 nitrogen and oxygen atoms in total. The van der Waals surface area contributed by atoms with E-state index in [9.17, 15) is 4.79 Å². The third-order valence-electron chi connectivity index (χ3n) is 2.87. The number of carbonyl (C=O) groups excluding carboxylic acids is 1. The summed E-state index contributed by atoms with van der Waals surface area (Å²) in [6, 6.07) is 7.02. The van der Waals surface area contributed by atoms with E-state index in [2.05, 4.69) is 6.92 Å². The molecule has 0 unspecified atom stereocenters. The van der Waals surface area contributed by atoms with Gasteiger partial charge < -0.3 is 5.11 Å². The number of rotatable bonds is 8. The lowest BCUT2D eigenvalue weighted by Gasteiger charge is -1.99. The van der Waals surface area contributed by atoms with Crippen LogP contribution in [0.5, 0.6) is 5.75 Å². The molecule has 0 saturated carbocycles. The summed E-state index contributed by atoms with van der Waals surface area (Å²) in [4.78, 5) is 11.6. The number of aromatic hydroxyl groups is 1. The van der Waals surface area contributed by atoms with Crippen LogP contribution >= 0.6 is 0 Å². The summed E-state index contributed by atoms with van der Waals surface area (Å²) in [5.41, 5.74) is 1.08. The van der Waals surface area contributed by atoms with Gasteiger partial charge in [0.15, 0.2) is 5.78 Å². The molecule has 1 aromatic rings. The van der Waals surface area contributed by atoms with Crippen LogP contribution in [-0.4, -0.2) is 10.9 Å². The summed E-state index contributed by atoms with van der Waals surface area (Å²) in [6.45, 7) is 2.17. The van der Waals surface area contributed by atoms with Crippen LogP contribution in [0.15, 0.2) is 36.4 Å². The van der Waals surface area contributed by atoms with Gasteiger partial charge in [-0.15, -0.1) is 0 Å². The molecule has 0 amide bonds. The molecule has 1 N–H and O–H groups in total. The quantitative estimate of drug-likeness (QED) is 0.555. The number of hydrogen-bond donors (Lipinski definition) is 1. The Morgan fingerprint density at radius 1 is 1.22 bits per heavy atom. The van der Waals surface area contributed by atoms with E-state index in [1.807, 2.05) is 18.2 Å². The standard InChI is InChI=1S/C16H22O2/c1-2-3-4-5-6-7-15(17)11-8-14-9-12-16(18)13-10-14/h6-7,9-10,12-13,18H,2-5,8,11H2,1H3/b7-6+. The first-order valence-corrected chi connectivity index (χ1v) is 6.69. The number of ketones is 1. The van der Waals surface area contributed by atoms with Crippen molar-refractivity contribution in [2.24, 2.45) is 0 Å². The molecule has 0 aliphatic rings. The number of benzene rings is 1. The van der Waals surface area contributed by atoms with Crippen molar-refractivity contribution in [3.8, 4) is 5.75 Å². The number of hydrogen-bond acceptors (Lipinski definition) is 2. The van der Waals surface area contributed by atoms with Gasteiger partial charge in [-0.05, 0) is 43.0 Å². The molecule has 0 spiro atoms. The smallest absolute Gasteiger partial charge is 0.155 e. The molecular weight excluding hydrogens is 224 g/mol. The van der Waals surface area contributed by atoms with Gasteiger partial charge in [0.05, 0.1) is 0 Å². The number of carbonyl (C=O) groups is 1. The molecule has 0 fully saturated rings. The molecule has 0 saturated heterocycles. The van der Waals surface area contributed by atoms with Gasteiger partial charge in [0, 0.05) is 6.42 Å². The summed E-state index contributed by atoms with van der Waals surface area (Å²) >= 11 is 0. The normalized spacial score (nSPS) is 10.9. The van der Waals surface area contributed by atoms with E-state index in [-0.39, 0.29) is 11.5 Å². The van der Waals surface area contributed by atoms with E-state index in [0.29, 0.717) is 6.42 Å². The Bertz CT molecular complexity index is 377. The van der Waals surface area contributed by atoms with Crippen molar-refractivity contribution in [2.75, 3.05) is 0 Å². The highest BCUT2D eigenvalue weighted by atomic mass is 16.3. The van der Waals surface area contributed by atoms with Gasteiger partial charge in [0.1, 0.15) is 5.75 Å². The van der Waals surface area contributed by atoms with Crippen molar-refractivity contribution < 1.29 is 9.90 Å². The average molecular weight is 246 g/mol. The number of phenols is 1. The minimum absolute atomic E-state index is 0.180. The Morgan fingerprint density at radius 2 is 1.94 bits per heavy atom. The summed E-state index contributed by atoms with van der Waals surface area (Å²) in [6.07, 6.45) is 9.56. The molecule has 2 heteroatoms. The van der Waals surface area contributed by atoms with Crippen LogP contribution in [0.25, 0.3) is 0 Å². The van der Waals surface area contributed by atoms with Gasteiger partial charge in [0.25, 0.3) is 0 Å². The van der Waals surface area contributed by atoms with Crippen molar-refractivity contribution in [3.63, 3.8) is 0 Å². The predicted octanol–water partition coefficient (Wildman–Crippen LogP) is 4.03. The molecule has 0 aliphatic heterocycles. The van der Waals surface area contributed by atoms with E-state index >= 15 is 0 Å². The van der Waals surface area contributed by atoms with Gasteiger partial charge in [-0.3, -0.25) is 4.79 Å². The zero-order valence-electron chi connectivity index (χ0n) is 11.1. The Balaban J connectivity index is 2.22. The van der Waals surface area contributed by atoms with Crippen LogP contribution in [0.4, 0.5) is 0 Å². The topological polar surface area (TPSA) is 37.3 Å². The molecular formula is C16H22O2. The second-order valence-corrected chi connectivity index (χ2v) is 4.53. The molecule has 0 bridgehead atoms. The Hall–Kier alpha value is -1.57. The van der Waals surface area contributed by atoms with Gasteiger partial charge in [0.2, 0.25) is 0 Å². The van der Waals surface area contributed by atoms with Crippen molar-refractivity contribution in [1.82, 2.24) is 0 Å². The molecule has 98 valence electrons. The maximum Gasteiger partial charge on any atom is 0.155 e. The van der Waals surface area contributed by atoms with E-state index in [4.69, 9.17) is 5.11 Å². The van der Waals surface area contributed by atoms with E-state index in [0.717, 1.165) is 24.8 Å². The van der Waals surface area contributed by atoms with Crippen molar-refractivity contribution >= 4 is 5.78 Å². The molecule has 0 atom stereocenters. The zero-order valence-corrected chi connectivity index (χ0v) is 11.1. The highest BCUT2D eigenvalue weighted by Crippen LogP contribution is 2.11. The Labute approximate surface area is 109 Å². The average Bonchev–Trinajstić information content (AvgIpc) is 2.38. The largest absolute Gasteiger partial charge is 0.508 e. The third-order valence-corrected chi connectivity index (χ3v) is 2.87. The number of phenolic OH excluding ortho intramolecular Hbond substituents is 1. The fraction of sp³-hybridized carbons (Fsp3) is 0.438. The maximum atomic E-state index is 11.6. The second kappa shape index (κ2) is 8.51. The van der Waals surface area contributed by atoms with E-state index in [1.165, 1.54) is 12.8 Å². The first-order valence-electron chi connectivity index (χ1n) is 6.69. The van der Waals surface area contributed by atoms with Crippen LogP contribution < -0.4 is 0 Å². The van der Waals surface area contributed by atoms with Gasteiger partial charge in [-0.2, -0.15) is 0 Å². The van der Waals surface area contributed by atoms with Crippen LogP contribution in [0.1, 0.15) is 44.6 Å². The van der Waals surface area contributed by atoms with E-state index < -0.39 is 0 Å². The number of unbranched alkanes of at least 4 members (excludes halogenated alkanes) is 3. The van der Waals surface area contributed by atoms with Crippen LogP contribution in [0.2, 0.25) is 0 Å². The fourth-order valence-electron chi connectivity index (χ4n) is 1.74. The molecule has 0 radical (unpaired) electrons. The van der Waals surface area contributed by atoms with Gasteiger partial charge in [-0.25, -0.2) is 0 Å². The minimum Gasteiger partial charge on any atom is -0.508 e. The van der Waals surface area contributed by atoms with Crippen molar-refractivity contribution in [2.45, 2.75) is 45.4 Å². The lowest BCUT2D eigenvalue weighted by molar-refractivity contribution is -0.114. The maximum absolute atomic E-state index is 11.6. The van der Waals surface area contributed by atoms with E-state index in [1.54, 1.807) is 18.2 Å². The molecule has 1 aromatic carbocycles. The molecule has 0 aromatic heterocycles. The highest BCUT2D eigenvalue weighted by Gasteiger charge is 1.99. The third kappa shape index (κ3) is 6.24. The summed E-state index contributed by atoms with van der Waals surface area (Å²) < 4.78 is 0. The molecule has 18 heavy (non-hydrogen) atoms. The highest BCUT2D eigenvalue weighted by molar-refractivity contribution is 5.89. The fourth-order valence-corrected chi connectivity index (χ4v) is 1.74. The molecule has 0 aliphatic carbocycles. The first kappa shape index (κ1) is 14.5. The first-order chi connectivity index (χ1) is 8.72. The lowest BCUT2D eigenvalue weighted by atomic mass is 10.1. The van der Waals surface area contributed by atoms with Crippen molar-refractivity contribution in [1.29, 1.82) is 0 Å². The minimum atomic E-state index is 0.180. The van der Waals surface area contributed by atoms with Crippen molar-refractivity contribution in [3.05, 3.63) is 42.0 Å². The number of allylic oxidation sites excluding steroid dienone is 2. The SMILES string of the molecule is CCCCC/C=C/C(=O)CCc1ccc(O)cc1. The summed E-state index contributed by atoms with van der Waals surface area (Å²) in [7, 11) is 0. The van der Waals surface area contributed by atoms with Gasteiger partial charge >= 0.3 is 0 Å². The van der Waals surface area contributed by atoms with Crippen LogP contribution in [0.3, 0.4) is 0 Å². The second-order valence-electron chi connectivity index (χ2n) is 4.53. The predicted molar refractivity (Wildman–Crippen MR) is 74.7 cm³/mol. The summed E-state index contributed by atoms with van der Waals surface area (Å²) in [5.74, 6) is 0.445. The Kier molecular flexibility index (Phi) is 6.85. The Morgan fingerprint density at radius 3 is 2.61 bits per heavy atom. The van der Waals surface area contributed by atoms with Gasteiger partial charge in [-0.1, -0.05) is 38.0 Å². The zero-order chi connectivity index (χ0) is 13.2. The monoisotopic (exact) mass is 246 g/mol. The van der Waals surface area contributed by atoms with Crippen LogP contribution in [0, 0.1) is 0 Å². The lowest BCUT2D eigenvalue weighted by Crippen LogP contribution is -1.95. The number of aryl methyl sites for hydroxylation is 1. The van der Waals surface area contributed by atoms with Crippen LogP contribution in [-0.2, 0) is 11.2 Å². The summed E-state index contributed by atoms with van der Waals surface area (Å²) in [5, 5.41) is 9.14. The molecule has 1 rings (SSSR count).